The van der Waals surface area contributed by atoms with Crippen LogP contribution in [0.1, 0.15) is 49.4 Å². The first-order valence-corrected chi connectivity index (χ1v) is 11.1. The molecular weight excluding hydrogens is 438 g/mol. The largest absolute Gasteiger partial charge is 0.388 e. The monoisotopic (exact) mass is 465 g/mol. The third kappa shape index (κ3) is 6.35. The molecule has 0 fully saturated rings. The van der Waals surface area contributed by atoms with Gasteiger partial charge in [0.05, 0.1) is 47.3 Å². The number of nitrogens with zero attached hydrogens (tertiary/aromatic N) is 3. The van der Waals surface area contributed by atoms with Crippen LogP contribution in [0.4, 0.5) is 10.8 Å². The molecule has 8 nitrogen and oxygen atoms in total. The molecule has 0 aliphatic rings. The Hall–Kier alpha value is -3.32. The predicted octanol–water partition coefficient (Wildman–Crippen LogP) is 4.14. The maximum atomic E-state index is 12.1. The van der Waals surface area contributed by atoms with Crippen molar-refractivity contribution in [3.63, 3.8) is 0 Å². The number of thiophene rings is 1. The molecule has 33 heavy (non-hydrogen) atoms. The topological polar surface area (TPSA) is 134 Å². The average molecular weight is 466 g/mol. The highest BCUT2D eigenvalue weighted by molar-refractivity contribution is 7.19. The Morgan fingerprint density at radius 2 is 2.03 bits per heavy atom. The summed E-state index contributed by atoms with van der Waals surface area (Å²) in [6.45, 7) is 7.39. The number of rotatable bonds is 9. The van der Waals surface area contributed by atoms with Crippen molar-refractivity contribution in [2.24, 2.45) is 5.73 Å². The lowest BCUT2D eigenvalue weighted by Crippen LogP contribution is -2.25. The highest BCUT2D eigenvalue weighted by Gasteiger charge is 2.22. The Kier molecular flexibility index (Phi) is 7.12. The second kappa shape index (κ2) is 9.67. The molecule has 3 rings (SSSR count). The SMILES string of the molecule is CC(C)(O)COCc1cccc(Nc2sc(-c3ccc(C(C)(C)C#N)nc3)cc2C(N)=O)n1. The molecule has 0 saturated carbocycles. The number of pyridine rings is 2. The Labute approximate surface area is 197 Å². The van der Waals surface area contributed by atoms with E-state index in [1.54, 1.807) is 32.2 Å². The first-order chi connectivity index (χ1) is 15.5. The summed E-state index contributed by atoms with van der Waals surface area (Å²) in [5, 5.41) is 22.8. The summed E-state index contributed by atoms with van der Waals surface area (Å²) in [5.41, 5.74) is 6.52. The molecule has 0 aromatic carbocycles. The highest BCUT2D eigenvalue weighted by atomic mass is 32.1. The molecule has 172 valence electrons. The second-order valence-electron chi connectivity index (χ2n) is 8.83. The number of carbonyl (C=O) groups excluding carboxylic acids is 1. The first kappa shape index (κ1) is 24.3. The van der Waals surface area contributed by atoms with Crippen LogP contribution < -0.4 is 11.1 Å². The molecular formula is C24H27N5O3S. The minimum atomic E-state index is -0.920. The van der Waals surface area contributed by atoms with E-state index in [0.717, 1.165) is 10.4 Å². The molecule has 0 saturated heterocycles. The molecule has 9 heteroatoms. The molecule has 0 aliphatic heterocycles. The zero-order valence-corrected chi connectivity index (χ0v) is 19.9. The quantitative estimate of drug-likeness (QED) is 0.432. The molecule has 3 aromatic heterocycles. The number of nitriles is 1. The standard InChI is InChI=1S/C24H27N5O3S/c1-23(2,13-25)19-9-8-15(11-27-19)18-10-17(21(26)30)22(33-18)29-20-7-5-6-16(28-20)12-32-14-24(3,4)31/h5-11,31H,12,14H2,1-4H3,(H2,26,30)(H,28,29). The van der Waals surface area contributed by atoms with Crippen LogP contribution in [0.3, 0.4) is 0 Å². The normalized spacial score (nSPS) is 11.8. The van der Waals surface area contributed by atoms with Crippen molar-refractivity contribution >= 4 is 28.1 Å². The Bertz CT molecular complexity index is 1170. The van der Waals surface area contributed by atoms with Crippen LogP contribution in [0.5, 0.6) is 0 Å². The van der Waals surface area contributed by atoms with Gasteiger partial charge in [-0.25, -0.2) is 4.98 Å². The molecule has 0 bridgehead atoms. The minimum Gasteiger partial charge on any atom is -0.388 e. The maximum Gasteiger partial charge on any atom is 0.251 e. The van der Waals surface area contributed by atoms with Crippen molar-refractivity contribution in [2.45, 2.75) is 45.3 Å². The van der Waals surface area contributed by atoms with Crippen molar-refractivity contribution in [3.05, 3.63) is 59.5 Å². The lowest BCUT2D eigenvalue weighted by molar-refractivity contribution is -0.0276. The Morgan fingerprint density at radius 1 is 1.27 bits per heavy atom. The van der Waals surface area contributed by atoms with Crippen LogP contribution in [0.15, 0.2) is 42.6 Å². The van der Waals surface area contributed by atoms with Gasteiger partial charge in [-0.05, 0) is 52.0 Å². The summed E-state index contributed by atoms with van der Waals surface area (Å²) in [6.07, 6.45) is 1.69. The lowest BCUT2D eigenvalue weighted by atomic mass is 9.90. The maximum absolute atomic E-state index is 12.1. The average Bonchev–Trinajstić information content (AvgIpc) is 3.17. The Morgan fingerprint density at radius 3 is 2.64 bits per heavy atom. The van der Waals surface area contributed by atoms with E-state index in [1.165, 1.54) is 11.3 Å². The van der Waals surface area contributed by atoms with E-state index >= 15 is 0 Å². The van der Waals surface area contributed by atoms with E-state index < -0.39 is 16.9 Å². The molecule has 0 radical (unpaired) electrons. The number of anilines is 2. The molecule has 0 aliphatic carbocycles. The molecule has 3 aromatic rings. The van der Waals surface area contributed by atoms with Gasteiger partial charge in [0.1, 0.15) is 10.8 Å². The van der Waals surface area contributed by atoms with E-state index in [2.05, 4.69) is 21.4 Å². The van der Waals surface area contributed by atoms with Crippen molar-refractivity contribution < 1.29 is 14.6 Å². The number of nitrogens with two attached hydrogens (primary N) is 1. The molecule has 4 N–H and O–H groups in total. The van der Waals surface area contributed by atoms with Gasteiger partial charge in [-0.1, -0.05) is 12.1 Å². The number of carbonyl (C=O) groups is 1. The summed E-state index contributed by atoms with van der Waals surface area (Å²) < 4.78 is 5.52. The second-order valence-corrected chi connectivity index (χ2v) is 9.88. The number of aliphatic hydroxyl groups is 1. The summed E-state index contributed by atoms with van der Waals surface area (Å²) in [5.74, 6) is -0.0145. The van der Waals surface area contributed by atoms with Crippen molar-refractivity contribution in [3.8, 4) is 16.5 Å². The van der Waals surface area contributed by atoms with Gasteiger partial charge in [-0.2, -0.15) is 5.26 Å². The van der Waals surface area contributed by atoms with Gasteiger partial charge in [0, 0.05) is 16.6 Å². The van der Waals surface area contributed by atoms with Crippen molar-refractivity contribution in [1.29, 1.82) is 5.26 Å². The van der Waals surface area contributed by atoms with Gasteiger partial charge in [-0.15, -0.1) is 11.3 Å². The number of nitrogens with one attached hydrogen (secondary N) is 1. The van der Waals surface area contributed by atoms with Crippen LogP contribution in [-0.2, 0) is 16.8 Å². The van der Waals surface area contributed by atoms with E-state index in [0.29, 0.717) is 27.8 Å². The van der Waals surface area contributed by atoms with Gasteiger partial charge >= 0.3 is 0 Å². The summed E-state index contributed by atoms with van der Waals surface area (Å²) in [4.78, 5) is 21.8. The fraction of sp³-hybridized carbons (Fsp3) is 0.333. The third-order valence-corrected chi connectivity index (χ3v) is 5.82. The minimum absolute atomic E-state index is 0.185. The number of primary amides is 1. The van der Waals surface area contributed by atoms with Gasteiger partial charge in [0.25, 0.3) is 5.91 Å². The van der Waals surface area contributed by atoms with Crippen LogP contribution in [0, 0.1) is 11.3 Å². The van der Waals surface area contributed by atoms with Crippen molar-refractivity contribution in [2.75, 3.05) is 11.9 Å². The van der Waals surface area contributed by atoms with E-state index in [1.807, 2.05) is 38.1 Å². The number of hydrogen-bond acceptors (Lipinski definition) is 8. The zero-order valence-electron chi connectivity index (χ0n) is 19.0. The molecule has 0 unspecified atom stereocenters. The molecule has 3 heterocycles. The van der Waals surface area contributed by atoms with Crippen LogP contribution >= 0.6 is 11.3 Å². The van der Waals surface area contributed by atoms with Crippen LogP contribution in [0.25, 0.3) is 10.4 Å². The zero-order chi connectivity index (χ0) is 24.2. The molecule has 1 amide bonds. The Balaban J connectivity index is 1.82. The van der Waals surface area contributed by atoms with E-state index in [9.17, 15) is 15.2 Å². The number of amides is 1. The van der Waals surface area contributed by atoms with Gasteiger partial charge in [0.15, 0.2) is 0 Å². The fourth-order valence-corrected chi connectivity index (χ4v) is 3.99. The van der Waals surface area contributed by atoms with Crippen LogP contribution in [-0.4, -0.2) is 33.2 Å². The third-order valence-electron chi connectivity index (χ3n) is 4.72. The van der Waals surface area contributed by atoms with Crippen LogP contribution in [0.2, 0.25) is 0 Å². The lowest BCUT2D eigenvalue weighted by Gasteiger charge is -2.16. The van der Waals surface area contributed by atoms with Gasteiger partial charge in [0.2, 0.25) is 0 Å². The summed E-state index contributed by atoms with van der Waals surface area (Å²) >= 11 is 1.36. The molecule has 0 spiro atoms. The first-order valence-electron chi connectivity index (χ1n) is 10.3. The molecule has 0 atom stereocenters. The fourth-order valence-electron chi connectivity index (χ4n) is 2.93. The van der Waals surface area contributed by atoms with E-state index in [-0.39, 0.29) is 13.2 Å². The predicted molar refractivity (Wildman–Crippen MR) is 128 cm³/mol. The number of ether oxygens (including phenoxy) is 1. The van der Waals surface area contributed by atoms with E-state index in [4.69, 9.17) is 10.5 Å². The van der Waals surface area contributed by atoms with Gasteiger partial charge < -0.3 is 20.9 Å². The number of hydrogen-bond donors (Lipinski definition) is 3. The summed E-state index contributed by atoms with van der Waals surface area (Å²) in [6, 6.07) is 13.1. The number of aromatic nitrogens is 2. The smallest absolute Gasteiger partial charge is 0.251 e. The summed E-state index contributed by atoms with van der Waals surface area (Å²) in [7, 11) is 0. The highest BCUT2D eigenvalue weighted by Crippen LogP contribution is 2.37. The van der Waals surface area contributed by atoms with Crippen molar-refractivity contribution in [1.82, 2.24) is 9.97 Å². The van der Waals surface area contributed by atoms with Gasteiger partial charge in [-0.3, -0.25) is 9.78 Å².